The van der Waals surface area contributed by atoms with Crippen molar-refractivity contribution in [2.24, 2.45) is 0 Å². The number of carbonyl (C=O) groups excluding carboxylic acids is 1. The predicted molar refractivity (Wildman–Crippen MR) is 74.9 cm³/mol. The maximum atomic E-state index is 13.2. The van der Waals surface area contributed by atoms with Crippen molar-refractivity contribution in [1.82, 2.24) is 10.2 Å². The Morgan fingerprint density at radius 2 is 2.10 bits per heavy atom. The van der Waals surface area contributed by atoms with Crippen molar-refractivity contribution in [3.05, 3.63) is 29.6 Å². The molecule has 1 atom stereocenters. The van der Waals surface area contributed by atoms with Crippen molar-refractivity contribution >= 4 is 5.91 Å². The smallest absolute Gasteiger partial charge is 0.219 e. The molecule has 4 nitrogen and oxygen atoms in total. The number of amides is 1. The molecule has 1 aliphatic rings. The molecule has 1 aromatic carbocycles. The van der Waals surface area contributed by atoms with Crippen molar-refractivity contribution in [3.63, 3.8) is 0 Å². The first-order valence-corrected chi connectivity index (χ1v) is 6.97. The summed E-state index contributed by atoms with van der Waals surface area (Å²) in [5, 5.41) is 13.2. The van der Waals surface area contributed by atoms with Crippen LogP contribution in [0.25, 0.3) is 0 Å². The standard InChI is InChI=1S/C15H21FN2O2/c1-10(14-9-12(16)3-4-15(14)20)17-13-5-7-18(8-6-13)11(2)19/h3-4,9-10,13,17,20H,5-8H2,1-2H3. The summed E-state index contributed by atoms with van der Waals surface area (Å²) in [4.78, 5) is 13.1. The Balaban J connectivity index is 1.94. The van der Waals surface area contributed by atoms with Crippen molar-refractivity contribution in [2.75, 3.05) is 13.1 Å². The van der Waals surface area contributed by atoms with E-state index in [4.69, 9.17) is 0 Å². The largest absolute Gasteiger partial charge is 0.508 e. The molecule has 1 unspecified atom stereocenters. The molecule has 110 valence electrons. The van der Waals surface area contributed by atoms with Gasteiger partial charge in [0.05, 0.1) is 0 Å². The molecule has 1 amide bonds. The number of halogens is 1. The van der Waals surface area contributed by atoms with Crippen LogP contribution in [0.3, 0.4) is 0 Å². The fraction of sp³-hybridized carbons (Fsp3) is 0.533. The van der Waals surface area contributed by atoms with Gasteiger partial charge in [0.1, 0.15) is 11.6 Å². The van der Waals surface area contributed by atoms with Gasteiger partial charge in [-0.1, -0.05) is 0 Å². The average molecular weight is 280 g/mol. The van der Waals surface area contributed by atoms with Gasteiger partial charge in [0.25, 0.3) is 0 Å². The number of hydrogen-bond donors (Lipinski definition) is 2. The summed E-state index contributed by atoms with van der Waals surface area (Å²) in [6, 6.07) is 4.14. The van der Waals surface area contributed by atoms with Crippen LogP contribution in [0.4, 0.5) is 4.39 Å². The second-order valence-corrected chi connectivity index (χ2v) is 5.37. The zero-order chi connectivity index (χ0) is 14.7. The van der Waals surface area contributed by atoms with Gasteiger partial charge in [-0.05, 0) is 38.0 Å². The Bertz CT molecular complexity index is 485. The summed E-state index contributed by atoms with van der Waals surface area (Å²) in [5.74, 6) is -0.135. The van der Waals surface area contributed by atoms with E-state index in [1.807, 2.05) is 11.8 Å². The highest BCUT2D eigenvalue weighted by molar-refractivity contribution is 5.73. The lowest BCUT2D eigenvalue weighted by atomic mass is 10.0. The Morgan fingerprint density at radius 1 is 1.45 bits per heavy atom. The van der Waals surface area contributed by atoms with E-state index in [0.717, 1.165) is 25.9 Å². The molecule has 0 spiro atoms. The van der Waals surface area contributed by atoms with Crippen LogP contribution in [0.2, 0.25) is 0 Å². The normalized spacial score (nSPS) is 18.1. The van der Waals surface area contributed by atoms with Gasteiger partial charge in [0, 0.05) is 37.7 Å². The topological polar surface area (TPSA) is 52.6 Å². The Kier molecular flexibility index (Phi) is 4.60. The highest BCUT2D eigenvalue weighted by Gasteiger charge is 2.22. The molecule has 0 bridgehead atoms. The van der Waals surface area contributed by atoms with E-state index in [2.05, 4.69) is 5.32 Å². The molecule has 0 aromatic heterocycles. The average Bonchev–Trinajstić information content (AvgIpc) is 2.42. The van der Waals surface area contributed by atoms with Crippen LogP contribution in [0.1, 0.15) is 38.3 Å². The lowest BCUT2D eigenvalue weighted by molar-refractivity contribution is -0.129. The van der Waals surface area contributed by atoms with Gasteiger partial charge in [0.2, 0.25) is 5.91 Å². The van der Waals surface area contributed by atoms with E-state index in [1.54, 1.807) is 6.92 Å². The van der Waals surface area contributed by atoms with Crippen molar-refractivity contribution in [3.8, 4) is 5.75 Å². The maximum absolute atomic E-state index is 13.2. The number of carbonyl (C=O) groups is 1. The Hall–Kier alpha value is -1.62. The number of hydrogen-bond acceptors (Lipinski definition) is 3. The molecule has 20 heavy (non-hydrogen) atoms. The van der Waals surface area contributed by atoms with E-state index >= 15 is 0 Å². The van der Waals surface area contributed by atoms with Crippen LogP contribution in [0.15, 0.2) is 18.2 Å². The van der Waals surface area contributed by atoms with E-state index < -0.39 is 0 Å². The van der Waals surface area contributed by atoms with Crippen molar-refractivity contribution in [1.29, 1.82) is 0 Å². The zero-order valence-corrected chi connectivity index (χ0v) is 11.9. The molecule has 2 rings (SSSR count). The predicted octanol–water partition coefficient (Wildman–Crippen LogP) is 2.19. The number of aromatic hydroxyl groups is 1. The number of nitrogens with one attached hydrogen (secondary N) is 1. The number of phenols is 1. The molecule has 1 heterocycles. The molecule has 1 aromatic rings. The summed E-state index contributed by atoms with van der Waals surface area (Å²) in [6.07, 6.45) is 1.75. The molecule has 0 radical (unpaired) electrons. The Morgan fingerprint density at radius 3 is 2.70 bits per heavy atom. The number of benzene rings is 1. The van der Waals surface area contributed by atoms with Crippen LogP contribution in [0.5, 0.6) is 5.75 Å². The summed E-state index contributed by atoms with van der Waals surface area (Å²) in [7, 11) is 0. The van der Waals surface area contributed by atoms with Gasteiger partial charge in [0.15, 0.2) is 0 Å². The lowest BCUT2D eigenvalue weighted by Crippen LogP contribution is -2.44. The fourth-order valence-corrected chi connectivity index (χ4v) is 2.68. The quantitative estimate of drug-likeness (QED) is 0.892. The summed E-state index contributed by atoms with van der Waals surface area (Å²) < 4.78 is 13.2. The molecule has 5 heteroatoms. The van der Waals surface area contributed by atoms with Crippen LogP contribution in [-0.4, -0.2) is 35.0 Å². The molecular weight excluding hydrogens is 259 g/mol. The molecule has 1 fully saturated rings. The fourth-order valence-electron chi connectivity index (χ4n) is 2.68. The number of nitrogens with zero attached hydrogens (tertiary/aromatic N) is 1. The zero-order valence-electron chi connectivity index (χ0n) is 11.9. The SMILES string of the molecule is CC(=O)N1CCC(NC(C)c2cc(F)ccc2O)CC1. The third-order valence-electron chi connectivity index (χ3n) is 3.88. The third-order valence-corrected chi connectivity index (χ3v) is 3.88. The first-order chi connectivity index (χ1) is 9.47. The van der Waals surface area contributed by atoms with E-state index in [9.17, 15) is 14.3 Å². The number of rotatable bonds is 3. The van der Waals surface area contributed by atoms with Gasteiger partial charge in [-0.3, -0.25) is 4.79 Å². The number of phenolic OH excluding ortho intramolecular Hbond substituents is 1. The van der Waals surface area contributed by atoms with E-state index in [0.29, 0.717) is 5.56 Å². The lowest BCUT2D eigenvalue weighted by Gasteiger charge is -2.33. The first kappa shape index (κ1) is 14.8. The molecule has 2 N–H and O–H groups in total. The molecule has 0 aliphatic carbocycles. The third kappa shape index (κ3) is 3.48. The first-order valence-electron chi connectivity index (χ1n) is 6.97. The Labute approximate surface area is 118 Å². The van der Waals surface area contributed by atoms with Crippen LogP contribution in [0, 0.1) is 5.82 Å². The second-order valence-electron chi connectivity index (χ2n) is 5.37. The maximum Gasteiger partial charge on any atom is 0.219 e. The van der Waals surface area contributed by atoms with Gasteiger partial charge >= 0.3 is 0 Å². The van der Waals surface area contributed by atoms with Gasteiger partial charge in [-0.2, -0.15) is 0 Å². The second kappa shape index (κ2) is 6.22. The highest BCUT2D eigenvalue weighted by atomic mass is 19.1. The van der Waals surface area contributed by atoms with Crippen LogP contribution >= 0.6 is 0 Å². The minimum absolute atomic E-state index is 0.104. The van der Waals surface area contributed by atoms with E-state index in [1.165, 1.54) is 18.2 Å². The minimum Gasteiger partial charge on any atom is -0.508 e. The van der Waals surface area contributed by atoms with Crippen molar-refractivity contribution in [2.45, 2.75) is 38.8 Å². The van der Waals surface area contributed by atoms with Gasteiger partial charge < -0.3 is 15.3 Å². The molecule has 1 aliphatic heterocycles. The summed E-state index contributed by atoms with van der Waals surface area (Å²) in [6.45, 7) is 4.98. The number of likely N-dealkylation sites (tertiary alicyclic amines) is 1. The minimum atomic E-state index is -0.349. The molecule has 1 saturated heterocycles. The summed E-state index contributed by atoms with van der Waals surface area (Å²) >= 11 is 0. The van der Waals surface area contributed by atoms with Gasteiger partial charge in [-0.15, -0.1) is 0 Å². The summed E-state index contributed by atoms with van der Waals surface area (Å²) in [5.41, 5.74) is 0.569. The van der Waals surface area contributed by atoms with Crippen LogP contribution in [-0.2, 0) is 4.79 Å². The van der Waals surface area contributed by atoms with E-state index in [-0.39, 0.29) is 29.6 Å². The highest BCUT2D eigenvalue weighted by Crippen LogP contribution is 2.26. The van der Waals surface area contributed by atoms with Crippen LogP contribution < -0.4 is 5.32 Å². The van der Waals surface area contributed by atoms with Crippen molar-refractivity contribution < 1.29 is 14.3 Å². The monoisotopic (exact) mass is 280 g/mol. The van der Waals surface area contributed by atoms with Gasteiger partial charge in [-0.25, -0.2) is 4.39 Å². The molecule has 0 saturated carbocycles. The number of piperidine rings is 1. The molecular formula is C15H21FN2O2.